The zero-order chi connectivity index (χ0) is 21.6. The monoisotopic (exact) mass is 431 g/mol. The molecule has 0 fully saturated rings. The molecule has 0 aliphatic carbocycles. The summed E-state index contributed by atoms with van der Waals surface area (Å²) < 4.78 is 80.3. The highest BCUT2D eigenvalue weighted by molar-refractivity contribution is 7.89. The molecule has 2 aromatic carbocycles. The lowest BCUT2D eigenvalue weighted by Gasteiger charge is -2.17. The number of hydrogen-bond donors (Lipinski definition) is 0. The highest BCUT2D eigenvalue weighted by atomic mass is 32.2. The zero-order valence-corrected chi connectivity index (χ0v) is 16.3. The van der Waals surface area contributed by atoms with Crippen LogP contribution in [0.15, 0.2) is 35.2 Å². The van der Waals surface area contributed by atoms with Crippen LogP contribution in [0.5, 0.6) is 17.2 Å². The van der Waals surface area contributed by atoms with Gasteiger partial charge in [-0.3, -0.25) is 4.79 Å². The molecule has 0 unspecified atom stereocenters. The smallest absolute Gasteiger partial charge is 0.416 e. The Labute approximate surface area is 164 Å². The van der Waals surface area contributed by atoms with Gasteiger partial charge in [0.15, 0.2) is 11.5 Å². The Morgan fingerprint density at radius 3 is 2.03 bits per heavy atom. The molecule has 3 rings (SSSR count). The molecule has 0 radical (unpaired) electrons. The van der Waals surface area contributed by atoms with E-state index in [1.165, 1.54) is 27.4 Å². The average Bonchev–Trinajstić information content (AvgIpc) is 3.02. The quantitative estimate of drug-likeness (QED) is 0.724. The summed E-state index contributed by atoms with van der Waals surface area (Å²) in [4.78, 5) is 12.4. The fourth-order valence-corrected chi connectivity index (χ4v) is 4.40. The Kier molecular flexibility index (Phi) is 5.11. The third kappa shape index (κ3) is 3.35. The van der Waals surface area contributed by atoms with E-state index in [4.69, 9.17) is 14.2 Å². The van der Waals surface area contributed by atoms with Gasteiger partial charge in [0.25, 0.3) is 15.9 Å². The maximum Gasteiger partial charge on any atom is 0.416 e. The van der Waals surface area contributed by atoms with Crippen LogP contribution in [0.2, 0.25) is 0 Å². The third-order valence-electron chi connectivity index (χ3n) is 4.46. The summed E-state index contributed by atoms with van der Waals surface area (Å²) in [6, 6.07) is 4.25. The summed E-state index contributed by atoms with van der Waals surface area (Å²) in [7, 11) is -0.366. The molecular weight excluding hydrogens is 415 g/mol. The maximum atomic E-state index is 12.9. The number of rotatable bonds is 5. The van der Waals surface area contributed by atoms with Crippen LogP contribution in [0.1, 0.15) is 21.5 Å². The topological polar surface area (TPSA) is 82.1 Å². The van der Waals surface area contributed by atoms with Crippen molar-refractivity contribution in [3.63, 3.8) is 0 Å². The number of methoxy groups -OCH3 is 3. The van der Waals surface area contributed by atoms with Crippen LogP contribution in [-0.4, -0.2) is 40.0 Å². The first-order valence-corrected chi connectivity index (χ1v) is 9.56. The first-order chi connectivity index (χ1) is 13.6. The molecule has 0 saturated carbocycles. The number of sulfonamides is 1. The molecule has 1 amide bonds. The minimum atomic E-state index is -4.61. The molecule has 29 heavy (non-hydrogen) atoms. The molecule has 0 spiro atoms. The van der Waals surface area contributed by atoms with Gasteiger partial charge in [-0.1, -0.05) is 0 Å². The average molecular weight is 431 g/mol. The second-order valence-electron chi connectivity index (χ2n) is 6.01. The largest absolute Gasteiger partial charge is 0.493 e. The molecule has 11 heteroatoms. The number of benzene rings is 2. The van der Waals surface area contributed by atoms with Gasteiger partial charge in [0.1, 0.15) is 0 Å². The molecule has 1 heterocycles. The second-order valence-corrected chi connectivity index (χ2v) is 7.87. The lowest BCUT2D eigenvalue weighted by atomic mass is 10.1. The van der Waals surface area contributed by atoms with E-state index in [1.54, 1.807) is 0 Å². The van der Waals surface area contributed by atoms with Gasteiger partial charge < -0.3 is 14.2 Å². The summed E-state index contributed by atoms with van der Waals surface area (Å²) in [6.07, 6.45) is -4.61. The minimum absolute atomic E-state index is 0.0370. The normalized spacial score (nSPS) is 14.0. The standard InChI is InChI=1S/C18H16F3NO6S/c1-26-14-8-12-13(15(27-2)16(14)28-3)9-22(17(12)23)29(24,25)11-6-4-10(5-7-11)18(19,20)21/h4-8H,9H2,1-3H3. The molecule has 0 aromatic heterocycles. The first-order valence-electron chi connectivity index (χ1n) is 8.12. The van der Waals surface area contributed by atoms with E-state index in [-0.39, 0.29) is 34.9 Å². The molecule has 1 aliphatic heterocycles. The van der Waals surface area contributed by atoms with Crippen molar-refractivity contribution in [2.75, 3.05) is 21.3 Å². The van der Waals surface area contributed by atoms with E-state index in [0.29, 0.717) is 16.4 Å². The Morgan fingerprint density at radius 1 is 0.966 bits per heavy atom. The molecule has 1 aliphatic rings. The number of nitrogens with zero attached hydrogens (tertiary/aromatic N) is 1. The lowest BCUT2D eigenvalue weighted by Crippen LogP contribution is -2.31. The summed E-state index contributed by atoms with van der Waals surface area (Å²) in [5.41, 5.74) is -0.691. The number of ether oxygens (including phenoxy) is 3. The highest BCUT2D eigenvalue weighted by Crippen LogP contribution is 2.46. The maximum absolute atomic E-state index is 12.9. The van der Waals surface area contributed by atoms with Crippen LogP contribution >= 0.6 is 0 Å². The fraction of sp³-hybridized carbons (Fsp3) is 0.278. The van der Waals surface area contributed by atoms with Gasteiger partial charge in [0, 0.05) is 5.56 Å². The predicted octanol–water partition coefficient (Wildman–Crippen LogP) is 3.08. The summed E-state index contributed by atoms with van der Waals surface area (Å²) >= 11 is 0. The van der Waals surface area contributed by atoms with E-state index < -0.39 is 32.6 Å². The van der Waals surface area contributed by atoms with Crippen LogP contribution in [0.3, 0.4) is 0 Å². The molecule has 0 atom stereocenters. The minimum Gasteiger partial charge on any atom is -0.493 e. The first kappa shape index (κ1) is 20.8. The Hall–Kier alpha value is -2.95. The van der Waals surface area contributed by atoms with Crippen LogP contribution in [0, 0.1) is 0 Å². The Balaban J connectivity index is 2.05. The SMILES string of the molecule is COc1cc2c(c(OC)c1OC)CN(S(=O)(=O)c1ccc(C(F)(F)F)cc1)C2=O. The molecule has 0 bridgehead atoms. The number of halogens is 3. The van der Waals surface area contributed by atoms with E-state index in [9.17, 15) is 26.4 Å². The van der Waals surface area contributed by atoms with Crippen molar-refractivity contribution in [1.29, 1.82) is 0 Å². The number of amides is 1. The summed E-state index contributed by atoms with van der Waals surface area (Å²) in [5, 5.41) is 0. The van der Waals surface area contributed by atoms with Gasteiger partial charge in [0.05, 0.1) is 43.9 Å². The van der Waals surface area contributed by atoms with Gasteiger partial charge in [-0.2, -0.15) is 13.2 Å². The van der Waals surface area contributed by atoms with Crippen LogP contribution in [-0.2, 0) is 22.7 Å². The van der Waals surface area contributed by atoms with E-state index in [2.05, 4.69) is 0 Å². The second kappa shape index (κ2) is 7.14. The Bertz CT molecular complexity index is 1060. The van der Waals surface area contributed by atoms with Crippen molar-refractivity contribution < 1.29 is 40.6 Å². The zero-order valence-electron chi connectivity index (χ0n) is 15.5. The van der Waals surface area contributed by atoms with E-state index in [1.807, 2.05) is 0 Å². The molecule has 0 saturated heterocycles. The van der Waals surface area contributed by atoms with Crippen molar-refractivity contribution in [3.8, 4) is 17.2 Å². The van der Waals surface area contributed by atoms with Gasteiger partial charge in [0.2, 0.25) is 5.75 Å². The summed E-state index contributed by atoms with van der Waals surface area (Å²) in [6.45, 7) is -0.360. The molecular formula is C18H16F3NO6S. The van der Waals surface area contributed by atoms with E-state index >= 15 is 0 Å². The summed E-state index contributed by atoms with van der Waals surface area (Å²) in [5.74, 6) is -0.347. The van der Waals surface area contributed by atoms with Crippen molar-refractivity contribution >= 4 is 15.9 Å². The lowest BCUT2D eigenvalue weighted by molar-refractivity contribution is -0.137. The van der Waals surface area contributed by atoms with Gasteiger partial charge in [-0.25, -0.2) is 12.7 Å². The fourth-order valence-electron chi connectivity index (χ4n) is 3.05. The number of carbonyl (C=O) groups excluding carboxylic acids is 1. The molecule has 156 valence electrons. The number of carbonyl (C=O) groups is 1. The predicted molar refractivity (Wildman–Crippen MR) is 94.6 cm³/mol. The highest BCUT2D eigenvalue weighted by Gasteiger charge is 2.41. The van der Waals surface area contributed by atoms with Crippen LogP contribution < -0.4 is 14.2 Å². The third-order valence-corrected chi connectivity index (χ3v) is 6.20. The van der Waals surface area contributed by atoms with Gasteiger partial charge >= 0.3 is 6.18 Å². The van der Waals surface area contributed by atoms with Crippen LogP contribution in [0.25, 0.3) is 0 Å². The number of alkyl halides is 3. The van der Waals surface area contributed by atoms with Crippen LogP contribution in [0.4, 0.5) is 13.2 Å². The van der Waals surface area contributed by atoms with E-state index in [0.717, 1.165) is 12.1 Å². The molecule has 0 N–H and O–H groups in total. The number of hydrogen-bond acceptors (Lipinski definition) is 6. The van der Waals surface area contributed by atoms with Crippen molar-refractivity contribution in [1.82, 2.24) is 4.31 Å². The van der Waals surface area contributed by atoms with Crippen molar-refractivity contribution in [3.05, 3.63) is 47.0 Å². The molecule has 7 nitrogen and oxygen atoms in total. The number of fused-ring (bicyclic) bond motifs is 1. The van der Waals surface area contributed by atoms with Gasteiger partial charge in [-0.15, -0.1) is 0 Å². The Morgan fingerprint density at radius 2 is 1.55 bits per heavy atom. The van der Waals surface area contributed by atoms with Crippen molar-refractivity contribution in [2.24, 2.45) is 0 Å². The molecule has 2 aromatic rings. The van der Waals surface area contributed by atoms with Crippen molar-refractivity contribution in [2.45, 2.75) is 17.6 Å². The van der Waals surface area contributed by atoms with Gasteiger partial charge in [-0.05, 0) is 30.3 Å².